The molecule has 0 aromatic rings. The molecule has 0 heterocycles. The summed E-state index contributed by atoms with van der Waals surface area (Å²) in [4.78, 5) is 0. The molecule has 80 valence electrons. The predicted octanol–water partition coefficient (Wildman–Crippen LogP) is 3.14. The van der Waals surface area contributed by atoms with Crippen molar-refractivity contribution in [3.8, 4) is 0 Å². The largest absolute Gasteiger partial charge is 0.389 e. The third-order valence-electron chi connectivity index (χ3n) is 3.99. The highest BCUT2D eigenvalue weighted by molar-refractivity contribution is 5.24. The topological polar surface area (TPSA) is 20.2 Å². The minimum Gasteiger partial charge on any atom is -0.389 e. The maximum Gasteiger partial charge on any atom is 0.0722 e. The summed E-state index contributed by atoms with van der Waals surface area (Å²) >= 11 is 0. The summed E-state index contributed by atoms with van der Waals surface area (Å²) in [5.41, 5.74) is 2.06. The van der Waals surface area contributed by atoms with Gasteiger partial charge in [0, 0.05) is 0 Å². The van der Waals surface area contributed by atoms with Crippen molar-refractivity contribution in [2.24, 2.45) is 16.7 Å². The van der Waals surface area contributed by atoms with Crippen LogP contribution < -0.4 is 0 Å². The first kappa shape index (κ1) is 10.2. The number of fused-ring (bicyclic) bond motifs is 1. The van der Waals surface area contributed by atoms with Crippen LogP contribution in [0.15, 0.2) is 11.6 Å². The molecule has 1 N–H and O–H groups in total. The second-order valence-electron chi connectivity index (χ2n) is 6.35. The molecule has 1 heteroatoms. The zero-order chi connectivity index (χ0) is 10.6. The summed E-state index contributed by atoms with van der Waals surface area (Å²) in [7, 11) is 0. The lowest BCUT2D eigenvalue weighted by Gasteiger charge is -2.25. The van der Waals surface area contributed by atoms with Crippen molar-refractivity contribution >= 4 is 0 Å². The van der Waals surface area contributed by atoms with E-state index in [4.69, 9.17) is 0 Å². The van der Waals surface area contributed by atoms with Gasteiger partial charge in [0.2, 0.25) is 0 Å². The van der Waals surface area contributed by atoms with Crippen molar-refractivity contribution in [3.05, 3.63) is 11.6 Å². The summed E-state index contributed by atoms with van der Waals surface area (Å²) in [6, 6.07) is 0. The molecule has 2 aliphatic rings. The number of allylic oxidation sites excluding steroid dienone is 1. The molecule has 0 saturated heterocycles. The predicted molar refractivity (Wildman–Crippen MR) is 59.0 cm³/mol. The summed E-state index contributed by atoms with van der Waals surface area (Å²) < 4.78 is 0. The van der Waals surface area contributed by atoms with E-state index in [-0.39, 0.29) is 6.10 Å². The van der Waals surface area contributed by atoms with Crippen molar-refractivity contribution < 1.29 is 5.11 Å². The molecule has 1 saturated carbocycles. The monoisotopic (exact) mass is 194 g/mol. The Kier molecular flexibility index (Phi) is 2.08. The Balaban J connectivity index is 2.26. The number of rotatable bonds is 1. The molecule has 1 nitrogen and oxygen atoms in total. The molecule has 1 fully saturated rings. The van der Waals surface area contributed by atoms with Gasteiger partial charge in [-0.25, -0.2) is 0 Å². The average molecular weight is 194 g/mol. The van der Waals surface area contributed by atoms with Crippen LogP contribution in [0.3, 0.4) is 0 Å². The molecule has 0 aromatic carbocycles. The van der Waals surface area contributed by atoms with E-state index in [2.05, 4.69) is 26.8 Å². The van der Waals surface area contributed by atoms with E-state index in [1.165, 1.54) is 18.4 Å². The molecule has 0 radical (unpaired) electrons. The van der Waals surface area contributed by atoms with Crippen molar-refractivity contribution in [2.45, 2.75) is 53.1 Å². The van der Waals surface area contributed by atoms with Gasteiger partial charge in [0.15, 0.2) is 0 Å². The highest BCUT2D eigenvalue weighted by atomic mass is 16.3. The van der Waals surface area contributed by atoms with E-state index in [1.807, 2.05) is 6.92 Å². The van der Waals surface area contributed by atoms with Crippen LogP contribution in [-0.4, -0.2) is 11.2 Å². The van der Waals surface area contributed by atoms with Crippen LogP contribution in [0.2, 0.25) is 0 Å². The van der Waals surface area contributed by atoms with Crippen molar-refractivity contribution in [1.82, 2.24) is 0 Å². The van der Waals surface area contributed by atoms with E-state index in [0.29, 0.717) is 10.8 Å². The molecule has 0 amide bonds. The minimum atomic E-state index is -0.259. The normalized spacial score (nSPS) is 42.1. The van der Waals surface area contributed by atoms with E-state index in [9.17, 15) is 5.11 Å². The molecule has 0 aliphatic heterocycles. The summed E-state index contributed by atoms with van der Waals surface area (Å²) in [5, 5.41) is 9.72. The van der Waals surface area contributed by atoms with Crippen LogP contribution in [0.25, 0.3) is 0 Å². The zero-order valence-electron chi connectivity index (χ0n) is 9.80. The van der Waals surface area contributed by atoms with Crippen molar-refractivity contribution in [1.29, 1.82) is 0 Å². The Morgan fingerprint density at radius 2 is 2.00 bits per heavy atom. The molecule has 14 heavy (non-hydrogen) atoms. The highest BCUT2D eigenvalue weighted by Crippen LogP contribution is 2.61. The molecule has 0 bridgehead atoms. The van der Waals surface area contributed by atoms with Gasteiger partial charge >= 0.3 is 0 Å². The van der Waals surface area contributed by atoms with Gasteiger partial charge in [-0.2, -0.15) is 0 Å². The third kappa shape index (κ3) is 1.75. The molecule has 3 atom stereocenters. The van der Waals surface area contributed by atoms with E-state index in [1.54, 1.807) is 0 Å². The van der Waals surface area contributed by atoms with E-state index in [0.717, 1.165) is 12.3 Å². The quantitative estimate of drug-likeness (QED) is 0.636. The Bertz CT molecular complexity index is 275. The van der Waals surface area contributed by atoms with Crippen LogP contribution in [0.4, 0.5) is 0 Å². The lowest BCUT2D eigenvalue weighted by molar-refractivity contribution is 0.209. The Morgan fingerprint density at radius 3 is 2.57 bits per heavy atom. The van der Waals surface area contributed by atoms with Gasteiger partial charge in [-0.3, -0.25) is 0 Å². The van der Waals surface area contributed by atoms with Gasteiger partial charge in [-0.1, -0.05) is 26.8 Å². The van der Waals surface area contributed by atoms with Gasteiger partial charge in [0.25, 0.3) is 0 Å². The molecule has 0 aromatic heterocycles. The number of hydrogen-bond donors (Lipinski definition) is 1. The maximum atomic E-state index is 9.72. The third-order valence-corrected chi connectivity index (χ3v) is 3.99. The van der Waals surface area contributed by atoms with Crippen LogP contribution in [0, 0.1) is 16.7 Å². The molecule has 0 spiro atoms. The van der Waals surface area contributed by atoms with Crippen LogP contribution in [0.5, 0.6) is 0 Å². The Morgan fingerprint density at radius 1 is 1.36 bits per heavy atom. The van der Waals surface area contributed by atoms with Gasteiger partial charge < -0.3 is 5.11 Å². The minimum absolute atomic E-state index is 0.259. The first-order chi connectivity index (χ1) is 6.32. The highest BCUT2D eigenvalue weighted by Gasteiger charge is 2.52. The second kappa shape index (κ2) is 2.85. The fourth-order valence-corrected chi connectivity index (χ4v) is 2.99. The average Bonchev–Trinajstić information content (AvgIpc) is 2.57. The fourth-order valence-electron chi connectivity index (χ4n) is 2.99. The maximum absolute atomic E-state index is 9.72. The lowest BCUT2D eigenvalue weighted by atomic mass is 9.81. The molecule has 2 aliphatic carbocycles. The summed E-state index contributed by atoms with van der Waals surface area (Å²) in [6.07, 6.45) is 5.81. The van der Waals surface area contributed by atoms with Crippen molar-refractivity contribution in [3.63, 3.8) is 0 Å². The van der Waals surface area contributed by atoms with E-state index >= 15 is 0 Å². The number of hydrogen-bond acceptors (Lipinski definition) is 1. The van der Waals surface area contributed by atoms with E-state index < -0.39 is 0 Å². The van der Waals surface area contributed by atoms with Gasteiger partial charge in [-0.15, -0.1) is 0 Å². The molecule has 0 unspecified atom stereocenters. The summed E-state index contributed by atoms with van der Waals surface area (Å²) in [5.74, 6) is 0.869. The van der Waals surface area contributed by atoms with Crippen LogP contribution in [0.1, 0.15) is 47.0 Å². The van der Waals surface area contributed by atoms with Crippen molar-refractivity contribution in [2.75, 3.05) is 0 Å². The first-order valence-corrected chi connectivity index (χ1v) is 5.72. The molecule has 2 rings (SSSR count). The number of aliphatic hydroxyl groups is 1. The second-order valence-corrected chi connectivity index (χ2v) is 6.35. The smallest absolute Gasteiger partial charge is 0.0722 e. The zero-order valence-corrected chi connectivity index (χ0v) is 9.80. The lowest BCUT2D eigenvalue weighted by Crippen LogP contribution is -2.16. The van der Waals surface area contributed by atoms with Crippen LogP contribution >= 0.6 is 0 Å². The Labute approximate surface area is 87.2 Å². The standard InChI is InChI=1S/C13H22O/c1-9(14)10-5-12(2,3)7-11-8-13(11,4)6-10/h6,9,11,14H,5,7-8H2,1-4H3/t9-,11-,13+/m0/s1. The molecular weight excluding hydrogens is 172 g/mol. The van der Waals surface area contributed by atoms with Gasteiger partial charge in [-0.05, 0) is 48.5 Å². The molecular formula is C13H22O. The summed E-state index contributed by atoms with van der Waals surface area (Å²) in [6.45, 7) is 8.88. The van der Waals surface area contributed by atoms with Crippen LogP contribution in [-0.2, 0) is 0 Å². The fraction of sp³-hybridized carbons (Fsp3) is 0.846. The van der Waals surface area contributed by atoms with Gasteiger partial charge in [0.1, 0.15) is 0 Å². The first-order valence-electron chi connectivity index (χ1n) is 5.72. The SMILES string of the molecule is C[C@H](O)C1=C[C@]2(C)C[C@@H]2CC(C)(C)C1. The number of aliphatic hydroxyl groups excluding tert-OH is 1. The van der Waals surface area contributed by atoms with Gasteiger partial charge in [0.05, 0.1) is 6.10 Å². The Hall–Kier alpha value is -0.300.